The molecule has 1 atom stereocenters. The fraction of sp³-hybridized carbons (Fsp3) is 0.500. The van der Waals surface area contributed by atoms with Crippen LogP contribution in [0.4, 0.5) is 0 Å². The van der Waals surface area contributed by atoms with Gasteiger partial charge in [0.05, 0.1) is 0 Å². The summed E-state index contributed by atoms with van der Waals surface area (Å²) in [4.78, 5) is 14.9. The lowest BCUT2D eigenvalue weighted by Gasteiger charge is -2.20. The van der Waals surface area contributed by atoms with Crippen molar-refractivity contribution in [1.82, 2.24) is 10.2 Å². The summed E-state index contributed by atoms with van der Waals surface area (Å²) in [5, 5.41) is 2.66. The number of carbonyl (C=O) groups is 1. The van der Waals surface area contributed by atoms with Crippen LogP contribution in [0.2, 0.25) is 0 Å². The van der Waals surface area contributed by atoms with E-state index in [1.807, 2.05) is 11.8 Å². The number of nitrogens with one attached hydrogen (secondary N) is 1. The molecule has 1 aliphatic heterocycles. The van der Waals surface area contributed by atoms with Gasteiger partial charge < -0.3 is 10.2 Å². The van der Waals surface area contributed by atoms with Crippen LogP contribution in [0.1, 0.15) is 17.9 Å². The van der Waals surface area contributed by atoms with Gasteiger partial charge in [0, 0.05) is 43.1 Å². The molecule has 0 fully saturated rings. The van der Waals surface area contributed by atoms with Crippen molar-refractivity contribution in [3.8, 4) is 0 Å². The van der Waals surface area contributed by atoms with E-state index in [4.69, 9.17) is 0 Å². The Bertz CT molecular complexity index is 422. The van der Waals surface area contributed by atoms with Crippen molar-refractivity contribution in [2.45, 2.75) is 17.2 Å². The molecule has 3 nitrogen and oxygen atoms in total. The highest BCUT2D eigenvalue weighted by molar-refractivity contribution is 7.99. The number of benzene rings is 1. The minimum atomic E-state index is 0.114. The monoisotopic (exact) mass is 264 g/mol. The van der Waals surface area contributed by atoms with Crippen molar-refractivity contribution < 1.29 is 4.79 Å². The largest absolute Gasteiger partial charge is 0.359 e. The predicted octanol–water partition coefficient (Wildman–Crippen LogP) is 1.94. The topological polar surface area (TPSA) is 32.3 Å². The first-order valence-corrected chi connectivity index (χ1v) is 7.30. The smallest absolute Gasteiger partial charge is 0.221 e. The zero-order valence-corrected chi connectivity index (χ0v) is 11.8. The Balaban J connectivity index is 1.86. The van der Waals surface area contributed by atoms with E-state index >= 15 is 0 Å². The highest BCUT2D eigenvalue weighted by Gasteiger charge is 2.23. The Morgan fingerprint density at radius 1 is 1.50 bits per heavy atom. The number of amides is 1. The fourth-order valence-corrected chi connectivity index (χ4v) is 3.51. The molecule has 1 aromatic carbocycles. The van der Waals surface area contributed by atoms with Gasteiger partial charge in [-0.2, -0.15) is 0 Å². The zero-order chi connectivity index (χ0) is 13.0. The molecule has 1 aliphatic rings. The maximum Gasteiger partial charge on any atom is 0.221 e. The van der Waals surface area contributed by atoms with Gasteiger partial charge in [0.2, 0.25) is 5.91 Å². The number of fused-ring (bicyclic) bond motifs is 1. The summed E-state index contributed by atoms with van der Waals surface area (Å²) in [6.07, 6.45) is 0.578. The normalized spacial score (nSPS) is 17.8. The molecule has 1 N–H and O–H groups in total. The SMILES string of the molecule is CNC(=O)CCN(C)CC1CSc2ccccc21. The second-order valence-electron chi connectivity index (χ2n) is 4.73. The molecule has 0 radical (unpaired) electrons. The summed E-state index contributed by atoms with van der Waals surface area (Å²) < 4.78 is 0. The van der Waals surface area contributed by atoms with Crippen molar-refractivity contribution in [1.29, 1.82) is 0 Å². The van der Waals surface area contributed by atoms with Crippen LogP contribution in [0.5, 0.6) is 0 Å². The Kier molecular flexibility index (Phi) is 4.66. The highest BCUT2D eigenvalue weighted by atomic mass is 32.2. The predicted molar refractivity (Wildman–Crippen MR) is 76.1 cm³/mol. The number of hydrogen-bond donors (Lipinski definition) is 1. The molecule has 1 heterocycles. The van der Waals surface area contributed by atoms with Crippen molar-refractivity contribution in [2.24, 2.45) is 0 Å². The van der Waals surface area contributed by atoms with E-state index < -0.39 is 0 Å². The molecule has 0 bridgehead atoms. The third-order valence-electron chi connectivity index (χ3n) is 3.33. The van der Waals surface area contributed by atoms with Crippen molar-refractivity contribution in [3.63, 3.8) is 0 Å². The average Bonchev–Trinajstić information content (AvgIpc) is 2.79. The first-order valence-electron chi connectivity index (χ1n) is 6.31. The van der Waals surface area contributed by atoms with Crippen molar-refractivity contribution >= 4 is 17.7 Å². The molecule has 98 valence electrons. The standard InChI is InChI=1S/C14H20N2OS/c1-15-14(17)7-8-16(2)9-11-10-18-13-6-4-3-5-12(11)13/h3-6,11H,7-10H2,1-2H3,(H,15,17). The molecule has 18 heavy (non-hydrogen) atoms. The third kappa shape index (κ3) is 3.27. The first-order chi connectivity index (χ1) is 8.70. The fourth-order valence-electron chi connectivity index (χ4n) is 2.27. The summed E-state index contributed by atoms with van der Waals surface area (Å²) in [5.41, 5.74) is 1.47. The Morgan fingerprint density at radius 3 is 3.06 bits per heavy atom. The second kappa shape index (κ2) is 6.25. The van der Waals surface area contributed by atoms with Gasteiger partial charge in [0.25, 0.3) is 0 Å². The van der Waals surface area contributed by atoms with Gasteiger partial charge >= 0.3 is 0 Å². The molecule has 0 aromatic heterocycles. The average molecular weight is 264 g/mol. The Hall–Kier alpha value is -1.00. The molecule has 1 aromatic rings. The lowest BCUT2D eigenvalue weighted by molar-refractivity contribution is -0.120. The number of hydrogen-bond acceptors (Lipinski definition) is 3. The molecular formula is C14H20N2OS. The Labute approximate surface area is 113 Å². The maximum atomic E-state index is 11.2. The van der Waals surface area contributed by atoms with E-state index in [1.54, 1.807) is 7.05 Å². The van der Waals surface area contributed by atoms with Gasteiger partial charge in [-0.15, -0.1) is 11.8 Å². The van der Waals surface area contributed by atoms with Crippen LogP contribution in [0.15, 0.2) is 29.2 Å². The number of nitrogens with zero attached hydrogens (tertiary/aromatic N) is 1. The van der Waals surface area contributed by atoms with E-state index in [0.29, 0.717) is 12.3 Å². The minimum absolute atomic E-state index is 0.114. The molecular weight excluding hydrogens is 244 g/mol. The van der Waals surface area contributed by atoms with Gasteiger partial charge in [0.1, 0.15) is 0 Å². The van der Waals surface area contributed by atoms with E-state index in [9.17, 15) is 4.79 Å². The van der Waals surface area contributed by atoms with E-state index in [0.717, 1.165) is 18.8 Å². The van der Waals surface area contributed by atoms with Gasteiger partial charge in [-0.3, -0.25) is 4.79 Å². The highest BCUT2D eigenvalue weighted by Crippen LogP contribution is 2.39. The molecule has 0 saturated heterocycles. The molecule has 0 aliphatic carbocycles. The van der Waals surface area contributed by atoms with Crippen LogP contribution >= 0.6 is 11.8 Å². The Morgan fingerprint density at radius 2 is 2.28 bits per heavy atom. The lowest BCUT2D eigenvalue weighted by atomic mass is 10.0. The van der Waals surface area contributed by atoms with Crippen LogP contribution in [-0.2, 0) is 4.79 Å². The number of likely N-dealkylation sites (N-methyl/N-ethyl adjacent to an activating group) is 1. The number of thioether (sulfide) groups is 1. The van der Waals surface area contributed by atoms with Crippen LogP contribution < -0.4 is 5.32 Å². The van der Waals surface area contributed by atoms with Crippen LogP contribution in [-0.4, -0.2) is 43.7 Å². The van der Waals surface area contributed by atoms with Gasteiger partial charge in [-0.25, -0.2) is 0 Å². The quantitative estimate of drug-likeness (QED) is 0.882. The molecule has 0 saturated carbocycles. The summed E-state index contributed by atoms with van der Waals surface area (Å²) in [5.74, 6) is 1.87. The van der Waals surface area contributed by atoms with E-state index in [2.05, 4.69) is 41.5 Å². The van der Waals surface area contributed by atoms with Gasteiger partial charge in [0.15, 0.2) is 0 Å². The number of rotatable bonds is 5. The summed E-state index contributed by atoms with van der Waals surface area (Å²) in [6, 6.07) is 8.64. The van der Waals surface area contributed by atoms with E-state index in [-0.39, 0.29) is 5.91 Å². The van der Waals surface area contributed by atoms with Crippen molar-refractivity contribution in [2.75, 3.05) is 32.9 Å². The third-order valence-corrected chi connectivity index (χ3v) is 4.58. The van der Waals surface area contributed by atoms with Crippen molar-refractivity contribution in [3.05, 3.63) is 29.8 Å². The maximum absolute atomic E-state index is 11.2. The summed E-state index contributed by atoms with van der Waals surface area (Å²) in [7, 11) is 3.78. The van der Waals surface area contributed by atoms with Gasteiger partial charge in [-0.05, 0) is 18.7 Å². The van der Waals surface area contributed by atoms with Gasteiger partial charge in [-0.1, -0.05) is 18.2 Å². The molecule has 2 rings (SSSR count). The first kappa shape index (κ1) is 13.4. The van der Waals surface area contributed by atoms with Crippen LogP contribution in [0.3, 0.4) is 0 Å². The molecule has 1 unspecified atom stereocenters. The molecule has 0 spiro atoms. The van der Waals surface area contributed by atoms with E-state index in [1.165, 1.54) is 10.5 Å². The zero-order valence-electron chi connectivity index (χ0n) is 11.0. The summed E-state index contributed by atoms with van der Waals surface area (Å²) in [6.45, 7) is 1.85. The lowest BCUT2D eigenvalue weighted by Crippen LogP contribution is -2.29. The number of carbonyl (C=O) groups excluding carboxylic acids is 1. The second-order valence-corrected chi connectivity index (χ2v) is 5.79. The minimum Gasteiger partial charge on any atom is -0.359 e. The van der Waals surface area contributed by atoms with Crippen LogP contribution in [0.25, 0.3) is 0 Å². The summed E-state index contributed by atoms with van der Waals surface area (Å²) >= 11 is 1.94. The molecule has 1 amide bonds. The van der Waals surface area contributed by atoms with Crippen LogP contribution in [0, 0.1) is 0 Å². The molecule has 4 heteroatoms.